The second-order valence-corrected chi connectivity index (χ2v) is 8.58. The fourth-order valence-corrected chi connectivity index (χ4v) is 4.13. The average molecular weight is 456 g/mol. The molecule has 0 aliphatic heterocycles. The Bertz CT molecular complexity index is 1280. The summed E-state index contributed by atoms with van der Waals surface area (Å²) >= 11 is 1.24. The average Bonchev–Trinajstić information content (AvgIpc) is 3.54. The maximum Gasteiger partial charge on any atom is 0.321 e. The number of benzene rings is 2. The van der Waals surface area contributed by atoms with Gasteiger partial charge in [0.25, 0.3) is 0 Å². The van der Waals surface area contributed by atoms with Crippen molar-refractivity contribution in [2.45, 2.75) is 24.3 Å². The van der Waals surface area contributed by atoms with E-state index in [9.17, 15) is 14.9 Å². The minimum Gasteiger partial charge on any atom is -0.357 e. The lowest BCUT2D eigenvalue weighted by molar-refractivity contribution is -0.122. The zero-order chi connectivity index (χ0) is 23.4. The molecular formula is C25H21N5O2S. The van der Waals surface area contributed by atoms with Crippen LogP contribution < -0.4 is 16.0 Å². The molecule has 3 N–H and O–H groups in total. The van der Waals surface area contributed by atoms with Gasteiger partial charge in [0.15, 0.2) is 5.01 Å². The number of carbonyl (C=O) groups is 2. The highest BCUT2D eigenvalue weighted by molar-refractivity contribution is 7.10. The third kappa shape index (κ3) is 4.72. The SMILES string of the molecule is C#Cc1nc(NC(=O)N[C@@H](C(=O)NC)c2ccc(-c3cccc(C4(C#N)CC4)c3)cc2)cs1. The predicted molar refractivity (Wildman–Crippen MR) is 127 cm³/mol. The molecule has 1 aromatic heterocycles. The van der Waals surface area contributed by atoms with Gasteiger partial charge in [0.1, 0.15) is 11.9 Å². The maximum absolute atomic E-state index is 12.5. The fourth-order valence-electron chi connectivity index (χ4n) is 3.58. The van der Waals surface area contributed by atoms with E-state index in [1.165, 1.54) is 18.4 Å². The molecule has 1 aliphatic rings. The molecule has 0 radical (unpaired) electrons. The number of thiazole rings is 1. The van der Waals surface area contributed by atoms with Crippen molar-refractivity contribution < 1.29 is 9.59 Å². The lowest BCUT2D eigenvalue weighted by atomic mass is 9.93. The Morgan fingerprint density at radius 1 is 1.18 bits per heavy atom. The number of likely N-dealkylation sites (N-methyl/N-ethyl adjacent to an activating group) is 1. The molecule has 0 spiro atoms. The summed E-state index contributed by atoms with van der Waals surface area (Å²) in [5, 5.41) is 19.4. The molecule has 1 fully saturated rings. The van der Waals surface area contributed by atoms with Crippen molar-refractivity contribution in [2.75, 3.05) is 12.4 Å². The van der Waals surface area contributed by atoms with Crippen LogP contribution in [0, 0.1) is 23.7 Å². The van der Waals surface area contributed by atoms with Gasteiger partial charge >= 0.3 is 6.03 Å². The molecule has 4 rings (SSSR count). The molecule has 3 amide bonds. The zero-order valence-corrected chi connectivity index (χ0v) is 18.7. The zero-order valence-electron chi connectivity index (χ0n) is 17.9. The van der Waals surface area contributed by atoms with Crippen LogP contribution in [0.1, 0.15) is 35.0 Å². The lowest BCUT2D eigenvalue weighted by Crippen LogP contribution is -2.41. The maximum atomic E-state index is 12.5. The van der Waals surface area contributed by atoms with Gasteiger partial charge in [-0.25, -0.2) is 9.78 Å². The van der Waals surface area contributed by atoms with Crippen molar-refractivity contribution >= 4 is 29.1 Å². The Balaban J connectivity index is 1.51. The van der Waals surface area contributed by atoms with E-state index in [1.54, 1.807) is 17.5 Å². The van der Waals surface area contributed by atoms with E-state index in [-0.39, 0.29) is 11.3 Å². The summed E-state index contributed by atoms with van der Waals surface area (Å²) in [4.78, 5) is 29.0. The van der Waals surface area contributed by atoms with Crippen molar-refractivity contribution in [3.63, 3.8) is 0 Å². The number of amides is 3. The first-order chi connectivity index (χ1) is 16.0. The molecule has 164 valence electrons. The number of rotatable bonds is 6. The predicted octanol–water partition coefficient (Wildman–Crippen LogP) is 3.96. The van der Waals surface area contributed by atoms with Gasteiger partial charge < -0.3 is 10.6 Å². The van der Waals surface area contributed by atoms with Gasteiger partial charge in [0.2, 0.25) is 5.91 Å². The highest BCUT2D eigenvalue weighted by Gasteiger charge is 2.44. The van der Waals surface area contributed by atoms with E-state index >= 15 is 0 Å². The minimum atomic E-state index is -0.894. The smallest absolute Gasteiger partial charge is 0.321 e. The number of nitrogens with one attached hydrogen (secondary N) is 3. The molecule has 8 heteroatoms. The molecule has 1 atom stereocenters. The van der Waals surface area contributed by atoms with Crippen molar-refractivity contribution in [3.8, 4) is 29.5 Å². The van der Waals surface area contributed by atoms with Crippen LogP contribution in [0.3, 0.4) is 0 Å². The highest BCUT2D eigenvalue weighted by atomic mass is 32.1. The van der Waals surface area contributed by atoms with E-state index in [1.807, 2.05) is 36.4 Å². The number of anilines is 1. The van der Waals surface area contributed by atoms with Gasteiger partial charge in [-0.15, -0.1) is 17.8 Å². The monoisotopic (exact) mass is 455 g/mol. The molecule has 1 heterocycles. The summed E-state index contributed by atoms with van der Waals surface area (Å²) in [5.74, 6) is 2.37. The van der Waals surface area contributed by atoms with E-state index in [2.05, 4.69) is 32.9 Å². The van der Waals surface area contributed by atoms with Crippen LogP contribution in [-0.4, -0.2) is 24.0 Å². The number of carbonyl (C=O) groups excluding carboxylic acids is 2. The Hall–Kier alpha value is -4.14. The van der Waals surface area contributed by atoms with E-state index in [0.717, 1.165) is 29.5 Å². The van der Waals surface area contributed by atoms with E-state index in [0.29, 0.717) is 16.4 Å². The van der Waals surface area contributed by atoms with Crippen LogP contribution in [0.15, 0.2) is 53.9 Å². The quantitative estimate of drug-likeness (QED) is 0.489. The lowest BCUT2D eigenvalue weighted by Gasteiger charge is -2.18. The number of hydrogen-bond acceptors (Lipinski definition) is 5. The van der Waals surface area contributed by atoms with Gasteiger partial charge in [-0.05, 0) is 47.1 Å². The van der Waals surface area contributed by atoms with Crippen molar-refractivity contribution in [3.05, 3.63) is 70.0 Å². The molecule has 0 unspecified atom stereocenters. The van der Waals surface area contributed by atoms with Crippen LogP contribution in [0.4, 0.5) is 10.6 Å². The Kier molecular flexibility index (Phi) is 6.12. The first kappa shape index (κ1) is 22.1. The third-order valence-electron chi connectivity index (χ3n) is 5.61. The molecule has 0 bridgehead atoms. The largest absolute Gasteiger partial charge is 0.357 e. The van der Waals surface area contributed by atoms with Crippen molar-refractivity contribution in [2.24, 2.45) is 0 Å². The minimum absolute atomic E-state index is 0.321. The van der Waals surface area contributed by atoms with Crippen LogP contribution in [0.25, 0.3) is 11.1 Å². The molecule has 0 saturated heterocycles. The van der Waals surface area contributed by atoms with Crippen molar-refractivity contribution in [1.82, 2.24) is 15.6 Å². The molecular weight excluding hydrogens is 434 g/mol. The standard InChI is InChI=1S/C25H21N5O2S/c1-3-21-28-20(14-33-21)29-24(32)30-22(23(31)27-2)17-9-7-16(8-10-17)18-5-4-6-19(13-18)25(15-26)11-12-25/h1,4-10,13-14,22H,11-12H2,2H3,(H,27,31)(H2,29,30,32)/t22-/m1/s1. The van der Waals surface area contributed by atoms with Crippen LogP contribution in [0.5, 0.6) is 0 Å². The summed E-state index contributed by atoms with van der Waals surface area (Å²) in [5.41, 5.74) is 3.26. The molecule has 2 aromatic carbocycles. The molecule has 7 nitrogen and oxygen atoms in total. The molecule has 1 aliphatic carbocycles. The highest BCUT2D eigenvalue weighted by Crippen LogP contribution is 2.48. The van der Waals surface area contributed by atoms with Gasteiger partial charge in [0.05, 0.1) is 11.5 Å². The van der Waals surface area contributed by atoms with Gasteiger partial charge in [0, 0.05) is 12.4 Å². The van der Waals surface area contributed by atoms with Crippen LogP contribution in [0.2, 0.25) is 0 Å². The summed E-state index contributed by atoms with van der Waals surface area (Å²) < 4.78 is 0. The Morgan fingerprint density at radius 3 is 2.55 bits per heavy atom. The third-order valence-corrected chi connectivity index (χ3v) is 6.38. The Morgan fingerprint density at radius 2 is 1.94 bits per heavy atom. The van der Waals surface area contributed by atoms with Crippen LogP contribution >= 0.6 is 11.3 Å². The first-order valence-electron chi connectivity index (χ1n) is 10.3. The number of hydrogen-bond donors (Lipinski definition) is 3. The van der Waals surface area contributed by atoms with Crippen LogP contribution in [-0.2, 0) is 10.2 Å². The topological polar surface area (TPSA) is 107 Å². The number of urea groups is 1. The second kappa shape index (κ2) is 9.15. The first-order valence-corrected chi connectivity index (χ1v) is 11.2. The van der Waals surface area contributed by atoms with E-state index < -0.39 is 12.1 Å². The van der Waals surface area contributed by atoms with Gasteiger partial charge in [-0.3, -0.25) is 10.1 Å². The molecule has 3 aromatic rings. The van der Waals surface area contributed by atoms with E-state index in [4.69, 9.17) is 6.42 Å². The number of aromatic nitrogens is 1. The number of terminal acetylenes is 1. The Labute approximate surface area is 195 Å². The summed E-state index contributed by atoms with van der Waals surface area (Å²) in [7, 11) is 1.51. The second-order valence-electron chi connectivity index (χ2n) is 7.72. The number of nitriles is 1. The molecule has 33 heavy (non-hydrogen) atoms. The number of nitrogens with zero attached hydrogens (tertiary/aromatic N) is 2. The molecule has 1 saturated carbocycles. The summed E-state index contributed by atoms with van der Waals surface area (Å²) in [6, 6.07) is 16.4. The summed E-state index contributed by atoms with van der Waals surface area (Å²) in [6.07, 6.45) is 7.08. The normalized spacial score (nSPS) is 14.3. The summed E-state index contributed by atoms with van der Waals surface area (Å²) in [6.45, 7) is 0. The fraction of sp³-hybridized carbons (Fsp3) is 0.200. The van der Waals surface area contributed by atoms with Gasteiger partial charge in [-0.2, -0.15) is 5.26 Å². The van der Waals surface area contributed by atoms with Gasteiger partial charge in [-0.1, -0.05) is 42.5 Å². The van der Waals surface area contributed by atoms with Crippen molar-refractivity contribution in [1.29, 1.82) is 5.26 Å².